The van der Waals surface area contributed by atoms with Crippen LogP contribution in [0.15, 0.2) is 36.4 Å². The summed E-state index contributed by atoms with van der Waals surface area (Å²) < 4.78 is 1.75. The largest absolute Gasteiger partial charge is 0.372 e. The lowest BCUT2D eigenvalue weighted by molar-refractivity contribution is 0.102. The molecule has 0 saturated carbocycles. The third-order valence-corrected chi connectivity index (χ3v) is 4.56. The van der Waals surface area contributed by atoms with Crippen LogP contribution in [0.3, 0.4) is 0 Å². The van der Waals surface area contributed by atoms with Crippen LogP contribution in [-0.4, -0.2) is 33.6 Å². The third-order valence-electron chi connectivity index (χ3n) is 4.56. The van der Waals surface area contributed by atoms with E-state index in [1.54, 1.807) is 10.6 Å². The molecule has 0 unspecified atom stereocenters. The van der Waals surface area contributed by atoms with E-state index in [9.17, 15) is 4.79 Å². The average Bonchev–Trinajstić information content (AvgIpc) is 3.24. The van der Waals surface area contributed by atoms with Gasteiger partial charge < -0.3 is 10.2 Å². The van der Waals surface area contributed by atoms with Crippen molar-refractivity contribution in [1.29, 1.82) is 0 Å². The van der Waals surface area contributed by atoms with Crippen LogP contribution < -0.4 is 10.2 Å². The molecule has 1 aliphatic rings. The van der Waals surface area contributed by atoms with Gasteiger partial charge in [-0.05, 0) is 57.0 Å². The van der Waals surface area contributed by atoms with Gasteiger partial charge in [0.05, 0.1) is 5.69 Å². The number of aryl methyl sites for hydroxylation is 2. The van der Waals surface area contributed by atoms with E-state index in [1.807, 2.05) is 32.0 Å². The molecule has 0 spiro atoms. The first kappa shape index (κ1) is 15.6. The number of anilines is 2. The smallest absolute Gasteiger partial charge is 0.274 e. The predicted octanol–water partition coefficient (Wildman–Crippen LogP) is 3.20. The second kappa shape index (κ2) is 6.20. The molecule has 1 aliphatic heterocycles. The standard InChI is InChI=1S/C19H21N5O/c1-13-11-18-21-17(12-14(2)24(18)22-13)19(25)20-15-5-7-16(8-6-15)23-9-3-4-10-23/h5-8,11-12H,3-4,9-10H2,1-2H3,(H,20,25). The Labute approximate surface area is 146 Å². The monoisotopic (exact) mass is 335 g/mol. The van der Waals surface area contributed by atoms with Gasteiger partial charge in [-0.15, -0.1) is 0 Å². The Morgan fingerprint density at radius 2 is 1.80 bits per heavy atom. The van der Waals surface area contributed by atoms with Gasteiger partial charge in [-0.3, -0.25) is 4.79 Å². The van der Waals surface area contributed by atoms with Crippen molar-refractivity contribution in [1.82, 2.24) is 14.6 Å². The fourth-order valence-corrected chi connectivity index (χ4v) is 3.28. The van der Waals surface area contributed by atoms with Gasteiger partial charge in [-0.25, -0.2) is 9.50 Å². The van der Waals surface area contributed by atoms with Gasteiger partial charge >= 0.3 is 0 Å². The Bertz CT molecular complexity index is 923. The maximum absolute atomic E-state index is 12.5. The zero-order valence-corrected chi connectivity index (χ0v) is 14.5. The number of rotatable bonds is 3. The van der Waals surface area contributed by atoms with Crippen molar-refractivity contribution in [2.45, 2.75) is 26.7 Å². The molecule has 4 rings (SSSR count). The van der Waals surface area contributed by atoms with Crippen LogP contribution in [0.4, 0.5) is 11.4 Å². The van der Waals surface area contributed by atoms with Crippen molar-refractivity contribution < 1.29 is 4.79 Å². The summed E-state index contributed by atoms with van der Waals surface area (Å²) >= 11 is 0. The Morgan fingerprint density at radius 3 is 2.52 bits per heavy atom. The number of amides is 1. The summed E-state index contributed by atoms with van der Waals surface area (Å²) in [5.41, 5.74) is 4.83. The molecule has 128 valence electrons. The maximum atomic E-state index is 12.5. The molecule has 2 aromatic heterocycles. The van der Waals surface area contributed by atoms with Gasteiger partial charge in [-0.2, -0.15) is 5.10 Å². The van der Waals surface area contributed by atoms with E-state index < -0.39 is 0 Å². The molecule has 6 nitrogen and oxygen atoms in total. The molecule has 1 aromatic carbocycles. The highest BCUT2D eigenvalue weighted by atomic mass is 16.1. The van der Waals surface area contributed by atoms with E-state index in [2.05, 4.69) is 32.4 Å². The fourth-order valence-electron chi connectivity index (χ4n) is 3.28. The van der Waals surface area contributed by atoms with Crippen LogP contribution >= 0.6 is 0 Å². The highest BCUT2D eigenvalue weighted by Crippen LogP contribution is 2.22. The molecule has 1 fully saturated rings. The predicted molar refractivity (Wildman–Crippen MR) is 98.3 cm³/mol. The number of aromatic nitrogens is 3. The lowest BCUT2D eigenvalue weighted by Gasteiger charge is -2.17. The van der Waals surface area contributed by atoms with E-state index in [0.717, 1.165) is 30.2 Å². The summed E-state index contributed by atoms with van der Waals surface area (Å²) in [6, 6.07) is 11.6. The highest BCUT2D eigenvalue weighted by molar-refractivity contribution is 6.03. The number of hydrogen-bond donors (Lipinski definition) is 1. The van der Waals surface area contributed by atoms with Crippen LogP contribution in [0.5, 0.6) is 0 Å². The second-order valence-corrected chi connectivity index (χ2v) is 6.53. The van der Waals surface area contributed by atoms with Crippen molar-refractivity contribution in [3.05, 3.63) is 53.5 Å². The number of benzene rings is 1. The minimum atomic E-state index is -0.210. The van der Waals surface area contributed by atoms with Crippen LogP contribution in [0, 0.1) is 13.8 Å². The number of hydrogen-bond acceptors (Lipinski definition) is 4. The topological polar surface area (TPSA) is 62.5 Å². The summed E-state index contributed by atoms with van der Waals surface area (Å²) in [4.78, 5) is 19.3. The van der Waals surface area contributed by atoms with Gasteiger partial charge in [0.1, 0.15) is 5.69 Å². The van der Waals surface area contributed by atoms with Crippen LogP contribution in [0.1, 0.15) is 34.7 Å². The lowest BCUT2D eigenvalue weighted by atomic mass is 10.2. The fraction of sp³-hybridized carbons (Fsp3) is 0.316. The lowest BCUT2D eigenvalue weighted by Crippen LogP contribution is -2.18. The average molecular weight is 335 g/mol. The molecule has 0 radical (unpaired) electrons. The van der Waals surface area contributed by atoms with E-state index in [1.165, 1.54) is 18.5 Å². The van der Waals surface area contributed by atoms with Crippen molar-refractivity contribution >= 4 is 22.9 Å². The third kappa shape index (κ3) is 3.07. The normalized spacial score (nSPS) is 14.2. The first-order chi connectivity index (χ1) is 12.1. The van der Waals surface area contributed by atoms with Gasteiger partial charge in [0.15, 0.2) is 5.65 Å². The molecule has 0 aliphatic carbocycles. The maximum Gasteiger partial charge on any atom is 0.274 e. The van der Waals surface area contributed by atoms with Crippen molar-refractivity contribution in [2.75, 3.05) is 23.3 Å². The molecule has 25 heavy (non-hydrogen) atoms. The minimum Gasteiger partial charge on any atom is -0.372 e. The van der Waals surface area contributed by atoms with Crippen LogP contribution in [-0.2, 0) is 0 Å². The van der Waals surface area contributed by atoms with E-state index in [4.69, 9.17) is 0 Å². The summed E-state index contributed by atoms with van der Waals surface area (Å²) in [5.74, 6) is -0.210. The molecular weight excluding hydrogens is 314 g/mol. The summed E-state index contributed by atoms with van der Waals surface area (Å²) in [6.07, 6.45) is 2.50. The van der Waals surface area contributed by atoms with Gasteiger partial charge in [0, 0.05) is 36.2 Å². The SMILES string of the molecule is Cc1cc2nc(C(=O)Nc3ccc(N4CCCC4)cc3)cc(C)n2n1. The van der Waals surface area contributed by atoms with Crippen LogP contribution in [0.25, 0.3) is 5.65 Å². The molecule has 1 N–H and O–H groups in total. The first-order valence-electron chi connectivity index (χ1n) is 8.60. The van der Waals surface area contributed by atoms with Crippen molar-refractivity contribution in [2.24, 2.45) is 0 Å². The number of carbonyl (C=O) groups is 1. The Morgan fingerprint density at radius 1 is 1.08 bits per heavy atom. The van der Waals surface area contributed by atoms with E-state index in [-0.39, 0.29) is 5.91 Å². The summed E-state index contributed by atoms with van der Waals surface area (Å²) in [6.45, 7) is 6.05. The quantitative estimate of drug-likeness (QED) is 0.798. The molecule has 1 amide bonds. The zero-order valence-electron chi connectivity index (χ0n) is 14.5. The number of carbonyl (C=O) groups excluding carboxylic acids is 1. The first-order valence-corrected chi connectivity index (χ1v) is 8.60. The molecule has 0 bridgehead atoms. The van der Waals surface area contributed by atoms with Crippen molar-refractivity contribution in [3.63, 3.8) is 0 Å². The van der Waals surface area contributed by atoms with Crippen molar-refractivity contribution in [3.8, 4) is 0 Å². The van der Waals surface area contributed by atoms with E-state index in [0.29, 0.717) is 11.3 Å². The Hall–Kier alpha value is -2.89. The van der Waals surface area contributed by atoms with Crippen LogP contribution in [0.2, 0.25) is 0 Å². The van der Waals surface area contributed by atoms with Gasteiger partial charge in [0.2, 0.25) is 0 Å². The number of nitrogens with one attached hydrogen (secondary N) is 1. The summed E-state index contributed by atoms with van der Waals surface area (Å²) in [7, 11) is 0. The Kier molecular flexibility index (Phi) is 3.87. The molecule has 1 saturated heterocycles. The van der Waals surface area contributed by atoms with Gasteiger partial charge in [0.25, 0.3) is 5.91 Å². The minimum absolute atomic E-state index is 0.210. The van der Waals surface area contributed by atoms with E-state index >= 15 is 0 Å². The Balaban J connectivity index is 1.53. The molecular formula is C19H21N5O. The molecule has 6 heteroatoms. The number of nitrogens with zero attached hydrogens (tertiary/aromatic N) is 4. The zero-order chi connectivity index (χ0) is 17.4. The molecule has 3 aromatic rings. The molecule has 3 heterocycles. The molecule has 0 atom stereocenters. The second-order valence-electron chi connectivity index (χ2n) is 6.53. The number of fused-ring (bicyclic) bond motifs is 1. The summed E-state index contributed by atoms with van der Waals surface area (Å²) in [5, 5.41) is 7.29. The highest BCUT2D eigenvalue weighted by Gasteiger charge is 2.14. The van der Waals surface area contributed by atoms with Gasteiger partial charge in [-0.1, -0.05) is 0 Å².